The van der Waals surface area contributed by atoms with E-state index >= 15 is 0 Å². The van der Waals surface area contributed by atoms with E-state index in [9.17, 15) is 9.59 Å². The number of anilines is 1. The van der Waals surface area contributed by atoms with Gasteiger partial charge < -0.3 is 10.3 Å². The van der Waals surface area contributed by atoms with Crippen LogP contribution in [0.3, 0.4) is 0 Å². The van der Waals surface area contributed by atoms with E-state index in [1.54, 1.807) is 6.07 Å². The van der Waals surface area contributed by atoms with Crippen LogP contribution in [-0.2, 0) is 4.79 Å². The number of pyridine rings is 1. The summed E-state index contributed by atoms with van der Waals surface area (Å²) in [4.78, 5) is 24.1. The number of rotatable bonds is 1. The van der Waals surface area contributed by atoms with Crippen LogP contribution in [0.2, 0.25) is 0 Å². The second-order valence-electron chi connectivity index (χ2n) is 2.23. The van der Waals surface area contributed by atoms with Gasteiger partial charge in [0.2, 0.25) is 5.91 Å². The molecule has 1 amide bonds. The van der Waals surface area contributed by atoms with Crippen LogP contribution in [0.15, 0.2) is 21.5 Å². The summed E-state index contributed by atoms with van der Waals surface area (Å²) >= 11 is 3.09. The van der Waals surface area contributed by atoms with Gasteiger partial charge >= 0.3 is 0 Å². The van der Waals surface area contributed by atoms with Crippen LogP contribution in [0.1, 0.15) is 6.92 Å². The molecule has 1 heterocycles. The summed E-state index contributed by atoms with van der Waals surface area (Å²) in [6, 6.07) is 3.18. The second kappa shape index (κ2) is 3.53. The topological polar surface area (TPSA) is 62.0 Å². The number of hydrogen-bond donors (Lipinski definition) is 2. The van der Waals surface area contributed by atoms with Crippen molar-refractivity contribution < 1.29 is 4.79 Å². The van der Waals surface area contributed by atoms with Crippen molar-refractivity contribution in [3.8, 4) is 0 Å². The normalized spacial score (nSPS) is 9.50. The van der Waals surface area contributed by atoms with Crippen LogP contribution >= 0.6 is 15.9 Å². The summed E-state index contributed by atoms with van der Waals surface area (Å²) < 4.78 is 0.585. The highest BCUT2D eigenvalue weighted by Crippen LogP contribution is 2.05. The number of carbonyl (C=O) groups excluding carboxylic acids is 1. The molecule has 1 rings (SSSR count). The minimum absolute atomic E-state index is 0.255. The lowest BCUT2D eigenvalue weighted by Crippen LogP contribution is -2.16. The van der Waals surface area contributed by atoms with E-state index in [0.29, 0.717) is 4.60 Å². The summed E-state index contributed by atoms with van der Waals surface area (Å²) in [5, 5.41) is 2.40. The maximum atomic E-state index is 11.1. The molecule has 0 aliphatic rings. The van der Waals surface area contributed by atoms with Crippen LogP contribution < -0.4 is 10.9 Å². The van der Waals surface area contributed by atoms with Crippen molar-refractivity contribution in [2.24, 2.45) is 0 Å². The first-order valence-corrected chi connectivity index (χ1v) is 4.05. The van der Waals surface area contributed by atoms with Crippen molar-refractivity contribution >= 4 is 27.5 Å². The van der Waals surface area contributed by atoms with E-state index in [4.69, 9.17) is 0 Å². The lowest BCUT2D eigenvalue weighted by molar-refractivity contribution is -0.114. The fraction of sp³-hybridized carbons (Fsp3) is 0.143. The molecule has 12 heavy (non-hydrogen) atoms. The average Bonchev–Trinajstić information content (AvgIpc) is 1.94. The molecular weight excluding hydrogens is 224 g/mol. The zero-order valence-corrected chi connectivity index (χ0v) is 7.94. The molecule has 0 aromatic carbocycles. The van der Waals surface area contributed by atoms with E-state index in [1.165, 1.54) is 13.0 Å². The van der Waals surface area contributed by atoms with Gasteiger partial charge in [-0.3, -0.25) is 9.59 Å². The largest absolute Gasteiger partial charge is 0.322 e. The molecule has 1 aromatic rings. The van der Waals surface area contributed by atoms with Gasteiger partial charge in [-0.1, -0.05) is 0 Å². The Morgan fingerprint density at radius 2 is 2.25 bits per heavy atom. The first-order valence-electron chi connectivity index (χ1n) is 3.26. The van der Waals surface area contributed by atoms with Crippen molar-refractivity contribution in [1.82, 2.24) is 4.98 Å². The van der Waals surface area contributed by atoms with Crippen LogP contribution in [0.25, 0.3) is 0 Å². The highest BCUT2D eigenvalue weighted by Gasteiger charge is 2.00. The van der Waals surface area contributed by atoms with Gasteiger partial charge in [-0.25, -0.2) is 0 Å². The van der Waals surface area contributed by atoms with Crippen LogP contribution in [0.4, 0.5) is 5.69 Å². The quantitative estimate of drug-likeness (QED) is 0.710. The molecule has 0 bridgehead atoms. The van der Waals surface area contributed by atoms with Crippen LogP contribution in [-0.4, -0.2) is 10.9 Å². The zero-order valence-electron chi connectivity index (χ0n) is 6.35. The lowest BCUT2D eigenvalue weighted by atomic mass is 10.4. The molecular formula is C7H7BrN2O2. The monoisotopic (exact) mass is 230 g/mol. The van der Waals surface area contributed by atoms with Gasteiger partial charge in [-0.15, -0.1) is 0 Å². The average molecular weight is 231 g/mol. The smallest absolute Gasteiger partial charge is 0.272 e. The van der Waals surface area contributed by atoms with Crippen LogP contribution in [0.5, 0.6) is 0 Å². The number of amides is 1. The zero-order chi connectivity index (χ0) is 9.14. The maximum absolute atomic E-state index is 11.1. The Morgan fingerprint density at radius 1 is 1.58 bits per heavy atom. The van der Waals surface area contributed by atoms with E-state index < -0.39 is 0 Å². The number of carbonyl (C=O) groups is 1. The fourth-order valence-electron chi connectivity index (χ4n) is 0.738. The molecule has 0 aliphatic carbocycles. The minimum atomic E-state index is -0.320. The van der Waals surface area contributed by atoms with Gasteiger partial charge in [0.1, 0.15) is 5.69 Å². The van der Waals surface area contributed by atoms with Gasteiger partial charge in [0, 0.05) is 6.92 Å². The molecule has 4 nitrogen and oxygen atoms in total. The van der Waals surface area contributed by atoms with E-state index in [-0.39, 0.29) is 17.2 Å². The van der Waals surface area contributed by atoms with Gasteiger partial charge in [0.15, 0.2) is 0 Å². The second-order valence-corrected chi connectivity index (χ2v) is 3.08. The molecule has 0 unspecified atom stereocenters. The Morgan fingerprint density at radius 3 is 2.75 bits per heavy atom. The number of H-pyrrole nitrogens is 1. The molecule has 1 aromatic heterocycles. The first-order chi connectivity index (χ1) is 5.59. The third-order valence-corrected chi connectivity index (χ3v) is 1.65. The number of aromatic amines is 1. The summed E-state index contributed by atoms with van der Waals surface area (Å²) in [5.41, 5.74) is -0.0646. The lowest BCUT2D eigenvalue weighted by Gasteiger charge is -1.99. The Hall–Kier alpha value is -1.10. The van der Waals surface area contributed by atoms with Gasteiger partial charge in [-0.05, 0) is 28.1 Å². The number of halogens is 1. The summed E-state index contributed by atoms with van der Waals surface area (Å²) in [7, 11) is 0. The third-order valence-electron chi connectivity index (χ3n) is 1.18. The highest BCUT2D eigenvalue weighted by molar-refractivity contribution is 9.10. The van der Waals surface area contributed by atoms with E-state index in [2.05, 4.69) is 26.2 Å². The van der Waals surface area contributed by atoms with E-state index in [0.717, 1.165) is 0 Å². The Bertz CT molecular complexity index is 359. The van der Waals surface area contributed by atoms with Crippen molar-refractivity contribution in [2.45, 2.75) is 6.92 Å². The highest BCUT2D eigenvalue weighted by atomic mass is 79.9. The van der Waals surface area contributed by atoms with Gasteiger partial charge in [0.25, 0.3) is 5.56 Å². The number of nitrogens with one attached hydrogen (secondary N) is 2. The first kappa shape index (κ1) is 8.99. The number of aromatic nitrogens is 1. The Labute approximate surface area is 77.1 Å². The molecule has 0 saturated carbocycles. The fourth-order valence-corrected chi connectivity index (χ4v) is 1.05. The van der Waals surface area contributed by atoms with Crippen molar-refractivity contribution in [2.75, 3.05) is 5.32 Å². The molecule has 5 heteroatoms. The third kappa shape index (κ3) is 2.20. The molecule has 0 aliphatic heterocycles. The molecule has 0 saturated heterocycles. The van der Waals surface area contributed by atoms with Crippen LogP contribution in [0, 0.1) is 0 Å². The molecule has 64 valence electrons. The minimum Gasteiger partial charge on any atom is -0.322 e. The van der Waals surface area contributed by atoms with Gasteiger partial charge in [0.05, 0.1) is 4.60 Å². The molecule has 0 atom stereocenters. The van der Waals surface area contributed by atoms with Crippen molar-refractivity contribution in [1.29, 1.82) is 0 Å². The number of hydrogen-bond acceptors (Lipinski definition) is 2. The Balaban J connectivity index is 3.02. The molecule has 0 radical (unpaired) electrons. The summed E-state index contributed by atoms with van der Waals surface area (Å²) in [5.74, 6) is -0.261. The molecule has 2 N–H and O–H groups in total. The molecule has 0 fully saturated rings. The predicted molar refractivity (Wildman–Crippen MR) is 49.1 cm³/mol. The predicted octanol–water partition coefficient (Wildman–Crippen LogP) is 1.10. The summed E-state index contributed by atoms with van der Waals surface area (Å²) in [6.45, 7) is 1.35. The maximum Gasteiger partial charge on any atom is 0.272 e. The summed E-state index contributed by atoms with van der Waals surface area (Å²) in [6.07, 6.45) is 0. The van der Waals surface area contributed by atoms with Crippen molar-refractivity contribution in [3.63, 3.8) is 0 Å². The van der Waals surface area contributed by atoms with Gasteiger partial charge in [-0.2, -0.15) is 0 Å². The standard InChI is InChI=1S/C7H7BrN2O2/c1-4(11)9-5-2-3-6(8)10-7(5)12/h2-3H,1H3,(H,9,11)(H,10,12). The Kier molecular flexibility index (Phi) is 2.65. The van der Waals surface area contributed by atoms with E-state index in [1.807, 2.05) is 0 Å². The van der Waals surface area contributed by atoms with Crippen molar-refractivity contribution in [3.05, 3.63) is 27.1 Å². The molecule has 0 spiro atoms. The SMILES string of the molecule is CC(=O)Nc1ccc(Br)[nH]c1=O.